The first-order valence-electron chi connectivity index (χ1n) is 7.25. The molecule has 3 heterocycles. The molecule has 0 aliphatic carbocycles. The van der Waals surface area contributed by atoms with Gasteiger partial charge in [-0.15, -0.1) is 0 Å². The number of aryl methyl sites for hydroxylation is 1. The summed E-state index contributed by atoms with van der Waals surface area (Å²) >= 11 is 1.55. The first kappa shape index (κ1) is 13.1. The summed E-state index contributed by atoms with van der Waals surface area (Å²) in [6.07, 6.45) is 5.73. The number of aldehydes is 1. The molecule has 3 rings (SSSR count). The van der Waals surface area contributed by atoms with Crippen LogP contribution in [0.5, 0.6) is 0 Å². The Bertz CT molecular complexity index is 454. The topological polar surface area (TPSA) is 36.4 Å². The summed E-state index contributed by atoms with van der Waals surface area (Å²) in [5, 5.41) is 1.04. The van der Waals surface area contributed by atoms with Crippen molar-refractivity contribution in [2.45, 2.75) is 38.6 Å². The largest absolute Gasteiger partial charge is 0.346 e. The van der Waals surface area contributed by atoms with Crippen LogP contribution in [-0.2, 0) is 6.42 Å². The molecule has 2 fully saturated rings. The van der Waals surface area contributed by atoms with Crippen LogP contribution in [0.4, 0.5) is 5.13 Å². The van der Waals surface area contributed by atoms with Crippen LogP contribution in [0.15, 0.2) is 0 Å². The van der Waals surface area contributed by atoms with Crippen molar-refractivity contribution in [1.29, 1.82) is 0 Å². The van der Waals surface area contributed by atoms with Gasteiger partial charge in [0, 0.05) is 19.1 Å². The van der Waals surface area contributed by atoms with E-state index in [0.717, 1.165) is 41.5 Å². The van der Waals surface area contributed by atoms with Crippen LogP contribution >= 0.6 is 11.3 Å². The number of thiazole rings is 1. The Morgan fingerprint density at radius 2 is 2.16 bits per heavy atom. The van der Waals surface area contributed by atoms with Gasteiger partial charge in [0.05, 0.1) is 10.6 Å². The molecule has 1 atom stereocenters. The van der Waals surface area contributed by atoms with Crippen LogP contribution in [0.3, 0.4) is 0 Å². The van der Waals surface area contributed by atoms with Gasteiger partial charge in [0.15, 0.2) is 11.4 Å². The maximum atomic E-state index is 11.0. The molecule has 1 aromatic heterocycles. The summed E-state index contributed by atoms with van der Waals surface area (Å²) in [6.45, 7) is 6.74. The van der Waals surface area contributed by atoms with E-state index in [9.17, 15) is 4.79 Å². The highest BCUT2D eigenvalue weighted by atomic mass is 32.1. The number of likely N-dealkylation sites (tertiary alicyclic amines) is 1. The minimum Gasteiger partial charge on any atom is -0.346 e. The second kappa shape index (κ2) is 5.59. The minimum atomic E-state index is 0.691. The van der Waals surface area contributed by atoms with Crippen molar-refractivity contribution in [2.75, 3.05) is 31.1 Å². The number of nitrogens with zero attached hydrogens (tertiary/aromatic N) is 3. The zero-order valence-corrected chi connectivity index (χ0v) is 12.3. The number of hydrogen-bond donors (Lipinski definition) is 0. The van der Waals surface area contributed by atoms with Gasteiger partial charge in [-0.1, -0.05) is 18.3 Å². The van der Waals surface area contributed by atoms with Crippen molar-refractivity contribution in [1.82, 2.24) is 9.88 Å². The summed E-state index contributed by atoms with van der Waals surface area (Å²) < 4.78 is 0. The molecule has 2 aliphatic heterocycles. The van der Waals surface area contributed by atoms with E-state index < -0.39 is 0 Å². The van der Waals surface area contributed by atoms with Crippen LogP contribution < -0.4 is 4.90 Å². The molecule has 1 unspecified atom stereocenters. The van der Waals surface area contributed by atoms with Gasteiger partial charge in [0.2, 0.25) is 0 Å². The molecule has 5 heteroatoms. The fraction of sp³-hybridized carbons (Fsp3) is 0.714. The van der Waals surface area contributed by atoms with Gasteiger partial charge >= 0.3 is 0 Å². The molecule has 0 spiro atoms. The molecule has 4 nitrogen and oxygen atoms in total. The zero-order valence-electron chi connectivity index (χ0n) is 11.5. The number of hydrogen-bond acceptors (Lipinski definition) is 5. The predicted molar refractivity (Wildman–Crippen MR) is 78.3 cm³/mol. The van der Waals surface area contributed by atoms with Gasteiger partial charge < -0.3 is 4.90 Å². The summed E-state index contributed by atoms with van der Waals surface area (Å²) in [4.78, 5) is 21.5. The summed E-state index contributed by atoms with van der Waals surface area (Å²) in [7, 11) is 0. The van der Waals surface area contributed by atoms with Gasteiger partial charge in [0.1, 0.15) is 0 Å². The SMILES string of the molecule is CCc1nc(N2CCC(N3CCCC3)C2)sc1C=O. The monoisotopic (exact) mass is 279 g/mol. The molecule has 2 aliphatic rings. The van der Waals surface area contributed by atoms with E-state index in [1.807, 2.05) is 0 Å². The molecule has 0 aromatic carbocycles. The van der Waals surface area contributed by atoms with Crippen molar-refractivity contribution in [2.24, 2.45) is 0 Å². The quantitative estimate of drug-likeness (QED) is 0.792. The van der Waals surface area contributed by atoms with E-state index in [1.54, 1.807) is 11.3 Å². The summed E-state index contributed by atoms with van der Waals surface area (Å²) in [5.74, 6) is 0. The standard InChI is InChI=1S/C14H21N3OS/c1-2-12-13(10-18)19-14(15-12)17-8-5-11(9-17)16-6-3-4-7-16/h10-11H,2-9H2,1H3. The average Bonchev–Trinajstić information content (AvgIpc) is 3.16. The molecule has 0 amide bonds. The maximum Gasteiger partial charge on any atom is 0.186 e. The Labute approximate surface area is 118 Å². The number of anilines is 1. The third-order valence-electron chi connectivity index (χ3n) is 4.25. The lowest BCUT2D eigenvalue weighted by Gasteiger charge is -2.23. The van der Waals surface area contributed by atoms with Crippen molar-refractivity contribution >= 4 is 22.8 Å². The highest BCUT2D eigenvalue weighted by Crippen LogP contribution is 2.30. The normalized spacial score (nSPS) is 24.3. The second-order valence-electron chi connectivity index (χ2n) is 5.41. The van der Waals surface area contributed by atoms with Gasteiger partial charge in [-0.2, -0.15) is 0 Å². The smallest absolute Gasteiger partial charge is 0.186 e. The van der Waals surface area contributed by atoms with Crippen molar-refractivity contribution in [3.63, 3.8) is 0 Å². The Hall–Kier alpha value is -0.940. The number of aromatic nitrogens is 1. The van der Waals surface area contributed by atoms with E-state index in [-0.39, 0.29) is 0 Å². The maximum absolute atomic E-state index is 11.0. The molecule has 1 aromatic rings. The van der Waals surface area contributed by atoms with Crippen LogP contribution in [0.1, 0.15) is 41.6 Å². The van der Waals surface area contributed by atoms with E-state index in [1.165, 1.54) is 32.4 Å². The second-order valence-corrected chi connectivity index (χ2v) is 6.42. The Balaban J connectivity index is 1.70. The van der Waals surface area contributed by atoms with E-state index in [4.69, 9.17) is 0 Å². The fourth-order valence-corrected chi connectivity index (χ4v) is 4.15. The minimum absolute atomic E-state index is 0.691. The average molecular weight is 279 g/mol. The van der Waals surface area contributed by atoms with Gasteiger partial charge in [-0.25, -0.2) is 4.98 Å². The molecule has 19 heavy (non-hydrogen) atoms. The molecule has 104 valence electrons. The molecule has 0 bridgehead atoms. The lowest BCUT2D eigenvalue weighted by molar-refractivity contribution is 0.112. The third-order valence-corrected chi connectivity index (χ3v) is 5.33. The van der Waals surface area contributed by atoms with Crippen molar-refractivity contribution in [3.05, 3.63) is 10.6 Å². The fourth-order valence-electron chi connectivity index (χ4n) is 3.15. The highest BCUT2D eigenvalue weighted by Gasteiger charge is 2.30. The van der Waals surface area contributed by atoms with Crippen LogP contribution in [0, 0.1) is 0 Å². The van der Waals surface area contributed by atoms with Crippen molar-refractivity contribution < 1.29 is 4.79 Å². The molecule has 0 radical (unpaired) electrons. The summed E-state index contributed by atoms with van der Waals surface area (Å²) in [5.41, 5.74) is 0.958. The van der Waals surface area contributed by atoms with Crippen LogP contribution in [0.2, 0.25) is 0 Å². The van der Waals surface area contributed by atoms with Gasteiger partial charge in [-0.3, -0.25) is 9.69 Å². The van der Waals surface area contributed by atoms with E-state index >= 15 is 0 Å². The lowest BCUT2D eigenvalue weighted by Crippen LogP contribution is -2.35. The van der Waals surface area contributed by atoms with Gasteiger partial charge in [0.25, 0.3) is 0 Å². The van der Waals surface area contributed by atoms with E-state index in [0.29, 0.717) is 6.04 Å². The molecular weight excluding hydrogens is 258 g/mol. The Morgan fingerprint density at radius 3 is 2.79 bits per heavy atom. The van der Waals surface area contributed by atoms with Crippen molar-refractivity contribution in [3.8, 4) is 0 Å². The molecule has 2 saturated heterocycles. The lowest BCUT2D eigenvalue weighted by atomic mass is 10.2. The Kier molecular flexibility index (Phi) is 3.84. The summed E-state index contributed by atoms with van der Waals surface area (Å²) in [6, 6.07) is 0.691. The number of carbonyl (C=O) groups excluding carboxylic acids is 1. The first-order valence-corrected chi connectivity index (χ1v) is 8.07. The van der Waals surface area contributed by atoms with Gasteiger partial charge in [-0.05, 0) is 38.8 Å². The molecule has 0 saturated carbocycles. The molecule has 0 N–H and O–H groups in total. The predicted octanol–water partition coefficient (Wildman–Crippen LogP) is 2.19. The van der Waals surface area contributed by atoms with Crippen LogP contribution in [0.25, 0.3) is 0 Å². The first-order chi connectivity index (χ1) is 9.31. The highest BCUT2D eigenvalue weighted by molar-refractivity contribution is 7.17. The van der Waals surface area contributed by atoms with Crippen LogP contribution in [-0.4, -0.2) is 48.4 Å². The number of carbonyl (C=O) groups is 1. The van der Waals surface area contributed by atoms with E-state index in [2.05, 4.69) is 21.7 Å². The third kappa shape index (κ3) is 2.54. The molecular formula is C14H21N3OS. The zero-order chi connectivity index (χ0) is 13.2. The Morgan fingerprint density at radius 1 is 1.37 bits per heavy atom. The number of rotatable bonds is 4.